The summed E-state index contributed by atoms with van der Waals surface area (Å²) in [5.41, 5.74) is 3.58. The minimum atomic E-state index is 0.257. The van der Waals surface area contributed by atoms with Crippen LogP contribution in [0, 0.1) is 0 Å². The van der Waals surface area contributed by atoms with Crippen LogP contribution in [-0.4, -0.2) is 5.11 Å². The van der Waals surface area contributed by atoms with Gasteiger partial charge in [0.05, 0.1) is 16.1 Å². The zero-order valence-corrected chi connectivity index (χ0v) is 14.2. The van der Waals surface area contributed by atoms with Crippen molar-refractivity contribution in [1.29, 1.82) is 0 Å². The van der Waals surface area contributed by atoms with Crippen LogP contribution in [0.4, 0.5) is 5.69 Å². The third-order valence-electron chi connectivity index (χ3n) is 3.85. The van der Waals surface area contributed by atoms with Gasteiger partial charge in [0.25, 0.3) is 0 Å². The molecule has 2 aromatic carbocycles. The third-order valence-corrected chi connectivity index (χ3v) is 4.81. The van der Waals surface area contributed by atoms with E-state index in [9.17, 15) is 0 Å². The van der Waals surface area contributed by atoms with Gasteiger partial charge in [-0.2, -0.15) is 0 Å². The van der Waals surface area contributed by atoms with Crippen molar-refractivity contribution >= 4 is 46.2 Å². The Kier molecular flexibility index (Phi) is 4.87. The zero-order chi connectivity index (χ0) is 15.5. The Hall–Kier alpha value is -1.29. The zero-order valence-electron chi connectivity index (χ0n) is 11.9. The van der Waals surface area contributed by atoms with E-state index in [0.29, 0.717) is 15.2 Å². The Morgan fingerprint density at radius 2 is 1.91 bits per heavy atom. The van der Waals surface area contributed by atoms with E-state index < -0.39 is 0 Å². The standard InChI is InChI=1S/C17H16Cl2N2S/c18-14-9-8-12(10-15(14)19)20-17(22)21-16-7-3-5-11-4-1-2-6-13(11)16/h1-2,4,6,8-10,16H,3,5,7H2,(H2,20,21,22). The fourth-order valence-electron chi connectivity index (χ4n) is 2.80. The number of hydrogen-bond donors (Lipinski definition) is 2. The normalized spacial score (nSPS) is 16.7. The molecule has 1 aliphatic rings. The molecule has 5 heteroatoms. The molecular weight excluding hydrogens is 335 g/mol. The van der Waals surface area contributed by atoms with E-state index in [4.69, 9.17) is 35.4 Å². The molecular formula is C17H16Cl2N2S. The second-order valence-corrected chi connectivity index (χ2v) is 6.59. The van der Waals surface area contributed by atoms with Gasteiger partial charge in [-0.15, -0.1) is 0 Å². The molecule has 0 radical (unpaired) electrons. The summed E-state index contributed by atoms with van der Waals surface area (Å²) in [6.45, 7) is 0. The third kappa shape index (κ3) is 3.54. The first kappa shape index (κ1) is 15.6. The van der Waals surface area contributed by atoms with E-state index in [1.807, 2.05) is 6.07 Å². The maximum absolute atomic E-state index is 6.02. The Morgan fingerprint density at radius 1 is 1.09 bits per heavy atom. The van der Waals surface area contributed by atoms with E-state index >= 15 is 0 Å². The van der Waals surface area contributed by atoms with Crippen LogP contribution in [-0.2, 0) is 6.42 Å². The van der Waals surface area contributed by atoms with Gasteiger partial charge in [0, 0.05) is 5.69 Å². The number of fused-ring (bicyclic) bond motifs is 1. The number of aryl methyl sites for hydroxylation is 1. The minimum Gasteiger partial charge on any atom is -0.356 e. The van der Waals surface area contributed by atoms with Gasteiger partial charge in [0.2, 0.25) is 0 Å². The van der Waals surface area contributed by atoms with Gasteiger partial charge < -0.3 is 10.6 Å². The van der Waals surface area contributed by atoms with Crippen molar-refractivity contribution in [2.75, 3.05) is 5.32 Å². The van der Waals surface area contributed by atoms with Crippen LogP contribution in [0.2, 0.25) is 10.0 Å². The van der Waals surface area contributed by atoms with Crippen molar-refractivity contribution in [3.8, 4) is 0 Å². The van der Waals surface area contributed by atoms with E-state index in [-0.39, 0.29) is 6.04 Å². The molecule has 0 saturated heterocycles. The van der Waals surface area contributed by atoms with Gasteiger partial charge in [-0.1, -0.05) is 47.5 Å². The predicted octanol–water partition coefficient (Wildman–Crippen LogP) is 5.36. The molecule has 0 aromatic heterocycles. The number of anilines is 1. The first-order valence-corrected chi connectivity index (χ1v) is 8.40. The summed E-state index contributed by atoms with van der Waals surface area (Å²) in [6.07, 6.45) is 3.39. The number of nitrogens with one attached hydrogen (secondary N) is 2. The van der Waals surface area contributed by atoms with Crippen molar-refractivity contribution in [1.82, 2.24) is 5.32 Å². The lowest BCUT2D eigenvalue weighted by Crippen LogP contribution is -2.34. The summed E-state index contributed by atoms with van der Waals surface area (Å²) in [6, 6.07) is 14.2. The SMILES string of the molecule is S=C(Nc1ccc(Cl)c(Cl)c1)NC1CCCc2ccccc21. The molecule has 1 atom stereocenters. The van der Waals surface area contributed by atoms with Crippen LogP contribution in [0.5, 0.6) is 0 Å². The van der Waals surface area contributed by atoms with Gasteiger partial charge in [0.15, 0.2) is 5.11 Å². The van der Waals surface area contributed by atoms with Crippen molar-refractivity contribution in [2.24, 2.45) is 0 Å². The average Bonchev–Trinajstić information content (AvgIpc) is 2.51. The molecule has 3 rings (SSSR count). The fraction of sp³-hybridized carbons (Fsp3) is 0.235. The first-order chi connectivity index (χ1) is 10.6. The smallest absolute Gasteiger partial charge is 0.171 e. The number of halogens is 2. The second-order valence-electron chi connectivity index (χ2n) is 5.37. The summed E-state index contributed by atoms with van der Waals surface area (Å²) >= 11 is 17.4. The molecule has 2 N–H and O–H groups in total. The van der Waals surface area contributed by atoms with Gasteiger partial charge in [-0.25, -0.2) is 0 Å². The van der Waals surface area contributed by atoms with Crippen LogP contribution < -0.4 is 10.6 Å². The first-order valence-electron chi connectivity index (χ1n) is 7.24. The Labute approximate surface area is 145 Å². The molecule has 0 heterocycles. The van der Waals surface area contributed by atoms with Crippen molar-refractivity contribution in [3.63, 3.8) is 0 Å². The van der Waals surface area contributed by atoms with E-state index in [0.717, 1.165) is 18.5 Å². The molecule has 114 valence electrons. The lowest BCUT2D eigenvalue weighted by molar-refractivity contribution is 0.529. The Bertz CT molecular complexity index is 703. The van der Waals surface area contributed by atoms with Crippen LogP contribution in [0.25, 0.3) is 0 Å². The van der Waals surface area contributed by atoms with Crippen molar-refractivity contribution in [3.05, 3.63) is 63.6 Å². The Morgan fingerprint density at radius 3 is 2.73 bits per heavy atom. The largest absolute Gasteiger partial charge is 0.356 e. The monoisotopic (exact) mass is 350 g/mol. The number of rotatable bonds is 2. The van der Waals surface area contributed by atoms with Crippen molar-refractivity contribution in [2.45, 2.75) is 25.3 Å². The highest BCUT2D eigenvalue weighted by molar-refractivity contribution is 7.80. The summed E-state index contributed by atoms with van der Waals surface area (Å²) in [4.78, 5) is 0. The van der Waals surface area contributed by atoms with Gasteiger partial charge in [-0.3, -0.25) is 0 Å². The van der Waals surface area contributed by atoms with Crippen LogP contribution in [0.15, 0.2) is 42.5 Å². The maximum atomic E-state index is 6.02. The molecule has 0 spiro atoms. The van der Waals surface area contributed by atoms with Gasteiger partial charge >= 0.3 is 0 Å². The highest BCUT2D eigenvalue weighted by Gasteiger charge is 2.20. The van der Waals surface area contributed by atoms with Crippen LogP contribution in [0.1, 0.15) is 30.0 Å². The second kappa shape index (κ2) is 6.86. The molecule has 0 amide bonds. The molecule has 2 nitrogen and oxygen atoms in total. The highest BCUT2D eigenvalue weighted by Crippen LogP contribution is 2.30. The maximum Gasteiger partial charge on any atom is 0.171 e. The Balaban J connectivity index is 1.69. The molecule has 0 bridgehead atoms. The predicted molar refractivity (Wildman–Crippen MR) is 97.9 cm³/mol. The summed E-state index contributed by atoms with van der Waals surface area (Å²) in [5, 5.41) is 8.21. The molecule has 2 aromatic rings. The van der Waals surface area contributed by atoms with Crippen LogP contribution >= 0.6 is 35.4 Å². The number of benzene rings is 2. The van der Waals surface area contributed by atoms with Crippen LogP contribution in [0.3, 0.4) is 0 Å². The molecule has 1 unspecified atom stereocenters. The summed E-state index contributed by atoms with van der Waals surface area (Å²) < 4.78 is 0. The summed E-state index contributed by atoms with van der Waals surface area (Å²) in [7, 11) is 0. The van der Waals surface area contributed by atoms with E-state index in [1.54, 1.807) is 12.1 Å². The fourth-order valence-corrected chi connectivity index (χ4v) is 3.36. The quantitative estimate of drug-likeness (QED) is 0.713. The molecule has 1 aliphatic carbocycles. The summed E-state index contributed by atoms with van der Waals surface area (Å²) in [5.74, 6) is 0. The van der Waals surface area contributed by atoms with Crippen molar-refractivity contribution < 1.29 is 0 Å². The average molecular weight is 351 g/mol. The number of thiocarbonyl (C=S) groups is 1. The topological polar surface area (TPSA) is 24.1 Å². The van der Waals surface area contributed by atoms with E-state index in [2.05, 4.69) is 34.9 Å². The number of hydrogen-bond acceptors (Lipinski definition) is 1. The minimum absolute atomic E-state index is 0.257. The van der Waals surface area contributed by atoms with Gasteiger partial charge in [0.1, 0.15) is 0 Å². The molecule has 0 aliphatic heterocycles. The lowest BCUT2D eigenvalue weighted by atomic mass is 9.88. The molecule has 0 saturated carbocycles. The lowest BCUT2D eigenvalue weighted by Gasteiger charge is -2.27. The molecule has 0 fully saturated rings. The highest BCUT2D eigenvalue weighted by atomic mass is 35.5. The van der Waals surface area contributed by atoms with E-state index in [1.165, 1.54) is 17.5 Å². The molecule has 22 heavy (non-hydrogen) atoms. The van der Waals surface area contributed by atoms with Gasteiger partial charge in [-0.05, 0) is 60.8 Å².